The minimum atomic E-state index is -1.15. The summed E-state index contributed by atoms with van der Waals surface area (Å²) in [5.41, 5.74) is 2.95. The lowest BCUT2D eigenvalue weighted by atomic mass is 9.93. The van der Waals surface area contributed by atoms with Gasteiger partial charge in [0, 0.05) is 12.2 Å². The quantitative estimate of drug-likeness (QED) is 0.435. The summed E-state index contributed by atoms with van der Waals surface area (Å²) in [6.45, 7) is 4.55. The molecule has 172 valence electrons. The molecule has 1 N–H and O–H groups in total. The van der Waals surface area contributed by atoms with E-state index in [-0.39, 0.29) is 18.4 Å². The first-order valence-corrected chi connectivity index (χ1v) is 12.2. The lowest BCUT2D eigenvalue weighted by Gasteiger charge is -2.43. The van der Waals surface area contributed by atoms with E-state index in [1.54, 1.807) is 20.9 Å². The van der Waals surface area contributed by atoms with Crippen LogP contribution in [0.2, 0.25) is 0 Å². The Labute approximate surface area is 202 Å². The highest BCUT2D eigenvalue weighted by Crippen LogP contribution is 2.35. The molecule has 3 heterocycles. The van der Waals surface area contributed by atoms with Crippen molar-refractivity contribution >= 4 is 28.8 Å². The summed E-state index contributed by atoms with van der Waals surface area (Å²) in [7, 11) is 0. The summed E-state index contributed by atoms with van der Waals surface area (Å²) >= 11 is 1.57. The summed E-state index contributed by atoms with van der Waals surface area (Å²) in [4.78, 5) is 30.1. The second kappa shape index (κ2) is 8.91. The zero-order valence-corrected chi connectivity index (χ0v) is 20.0. The van der Waals surface area contributed by atoms with Gasteiger partial charge < -0.3 is 5.32 Å². The molecule has 1 aliphatic heterocycles. The number of carbonyl (C=O) groups excluding carboxylic acids is 2. The largest absolute Gasteiger partial charge is 0.350 e. The van der Waals surface area contributed by atoms with Crippen molar-refractivity contribution in [2.24, 2.45) is 0 Å². The second-order valence-electron chi connectivity index (χ2n) is 8.65. The molecule has 0 bridgehead atoms. The summed E-state index contributed by atoms with van der Waals surface area (Å²) in [5, 5.41) is 9.72. The van der Waals surface area contributed by atoms with Crippen molar-refractivity contribution in [1.82, 2.24) is 15.1 Å². The summed E-state index contributed by atoms with van der Waals surface area (Å²) in [6, 6.07) is 23.4. The number of nitrogens with one attached hydrogen (secondary N) is 1. The lowest BCUT2D eigenvalue weighted by molar-refractivity contribution is -0.126. The van der Waals surface area contributed by atoms with Gasteiger partial charge in [0.05, 0.1) is 11.4 Å². The van der Waals surface area contributed by atoms with Crippen molar-refractivity contribution in [2.45, 2.75) is 38.9 Å². The summed E-state index contributed by atoms with van der Waals surface area (Å²) in [5.74, 6) is -0.453. The van der Waals surface area contributed by atoms with E-state index >= 15 is 0 Å². The van der Waals surface area contributed by atoms with Crippen LogP contribution >= 0.6 is 11.3 Å². The maximum absolute atomic E-state index is 13.8. The van der Waals surface area contributed by atoms with Crippen LogP contribution in [-0.2, 0) is 24.3 Å². The van der Waals surface area contributed by atoms with E-state index < -0.39 is 5.54 Å². The third-order valence-electron chi connectivity index (χ3n) is 6.31. The molecule has 0 fully saturated rings. The molecule has 2 aromatic heterocycles. The third-order valence-corrected chi connectivity index (χ3v) is 7.21. The first-order chi connectivity index (χ1) is 16.5. The monoisotopic (exact) mass is 470 g/mol. The summed E-state index contributed by atoms with van der Waals surface area (Å²) in [6.07, 6.45) is 0.903. The van der Waals surface area contributed by atoms with Gasteiger partial charge in [-0.25, -0.2) is 0 Å². The second-order valence-corrected chi connectivity index (χ2v) is 9.60. The van der Waals surface area contributed by atoms with Crippen LogP contribution in [0.15, 0.2) is 78.2 Å². The normalized spacial score (nSPS) is 17.5. The molecule has 7 heteroatoms. The van der Waals surface area contributed by atoms with Crippen LogP contribution in [0, 0.1) is 0 Å². The number of rotatable bonds is 6. The van der Waals surface area contributed by atoms with Crippen LogP contribution in [0.3, 0.4) is 0 Å². The van der Waals surface area contributed by atoms with E-state index in [1.807, 2.05) is 85.1 Å². The number of carbonyl (C=O) groups is 2. The van der Waals surface area contributed by atoms with Crippen LogP contribution in [-0.4, -0.2) is 27.1 Å². The molecule has 5 rings (SSSR count). The molecule has 1 atom stereocenters. The van der Waals surface area contributed by atoms with Gasteiger partial charge in [-0.2, -0.15) is 5.10 Å². The highest BCUT2D eigenvalue weighted by Gasteiger charge is 2.48. The Balaban J connectivity index is 1.54. The van der Waals surface area contributed by atoms with Crippen molar-refractivity contribution in [1.29, 1.82) is 0 Å². The van der Waals surface area contributed by atoms with Crippen LogP contribution in [0.4, 0.5) is 5.69 Å². The Morgan fingerprint density at radius 3 is 2.50 bits per heavy atom. The van der Waals surface area contributed by atoms with E-state index in [9.17, 15) is 9.59 Å². The van der Waals surface area contributed by atoms with Crippen molar-refractivity contribution in [3.05, 3.63) is 95.0 Å². The molecule has 0 spiro atoms. The Bertz CT molecular complexity index is 1310. The van der Waals surface area contributed by atoms with Crippen LogP contribution < -0.4 is 10.2 Å². The topological polar surface area (TPSA) is 67.2 Å². The van der Waals surface area contributed by atoms with Crippen molar-refractivity contribution < 1.29 is 9.59 Å². The van der Waals surface area contributed by atoms with Crippen LogP contribution in [0.5, 0.6) is 0 Å². The van der Waals surface area contributed by atoms with Gasteiger partial charge >= 0.3 is 0 Å². The van der Waals surface area contributed by atoms with Gasteiger partial charge in [-0.15, -0.1) is 11.3 Å². The Morgan fingerprint density at radius 2 is 1.82 bits per heavy atom. The highest BCUT2D eigenvalue weighted by atomic mass is 32.1. The summed E-state index contributed by atoms with van der Waals surface area (Å²) < 4.78 is 1.68. The van der Waals surface area contributed by atoms with Crippen LogP contribution in [0.1, 0.15) is 35.5 Å². The number of nitrogens with zero attached hydrogens (tertiary/aromatic N) is 3. The number of hydrogen-bond donors (Lipinski definition) is 1. The average Bonchev–Trinajstić information content (AvgIpc) is 3.54. The van der Waals surface area contributed by atoms with Crippen LogP contribution in [0.25, 0.3) is 10.6 Å². The molecule has 0 aliphatic carbocycles. The Kier molecular flexibility index (Phi) is 5.79. The van der Waals surface area contributed by atoms with Gasteiger partial charge in [-0.3, -0.25) is 19.2 Å². The van der Waals surface area contributed by atoms with E-state index in [1.165, 1.54) is 5.56 Å². The fourth-order valence-corrected chi connectivity index (χ4v) is 5.06. The third kappa shape index (κ3) is 3.92. The van der Waals surface area contributed by atoms with Crippen molar-refractivity contribution in [3.63, 3.8) is 0 Å². The smallest absolute Gasteiger partial charge is 0.277 e. The molecule has 1 unspecified atom stereocenters. The molecule has 0 radical (unpaired) electrons. The first kappa shape index (κ1) is 22.1. The molecule has 4 aromatic rings. The maximum Gasteiger partial charge on any atom is 0.277 e. The molecular weight excluding hydrogens is 444 g/mol. The zero-order valence-electron chi connectivity index (χ0n) is 19.2. The van der Waals surface area contributed by atoms with Crippen molar-refractivity contribution in [2.75, 3.05) is 4.90 Å². The SMILES string of the molecule is CCc1ccc(N2C(=O)c3cc(-c4cccs4)nn3CC2(C)C(=O)NCc2ccccc2)cc1. The van der Waals surface area contributed by atoms with Gasteiger partial charge in [0.2, 0.25) is 5.91 Å². The number of aromatic nitrogens is 2. The number of benzene rings is 2. The van der Waals surface area contributed by atoms with Gasteiger partial charge in [-0.1, -0.05) is 55.5 Å². The predicted octanol–water partition coefficient (Wildman–Crippen LogP) is 4.91. The molecule has 6 nitrogen and oxygen atoms in total. The van der Waals surface area contributed by atoms with Gasteiger partial charge in [-0.05, 0) is 54.1 Å². The zero-order chi connectivity index (χ0) is 23.7. The highest BCUT2D eigenvalue weighted by molar-refractivity contribution is 7.13. The fraction of sp³-hybridized carbons (Fsp3) is 0.222. The van der Waals surface area contributed by atoms with Crippen molar-refractivity contribution in [3.8, 4) is 10.6 Å². The number of amides is 2. The van der Waals surface area contributed by atoms with E-state index in [4.69, 9.17) is 5.10 Å². The number of fused-ring (bicyclic) bond motifs is 1. The Hall–Kier alpha value is -3.71. The van der Waals surface area contributed by atoms with E-state index in [2.05, 4.69) is 12.2 Å². The Morgan fingerprint density at radius 1 is 1.06 bits per heavy atom. The molecule has 2 amide bonds. The minimum absolute atomic E-state index is 0.219. The molecule has 34 heavy (non-hydrogen) atoms. The van der Waals surface area contributed by atoms with E-state index in [0.717, 1.165) is 22.6 Å². The van der Waals surface area contributed by atoms with E-state index in [0.29, 0.717) is 17.9 Å². The lowest BCUT2D eigenvalue weighted by Crippen LogP contribution is -2.64. The molecule has 1 aliphatic rings. The molecule has 2 aromatic carbocycles. The van der Waals surface area contributed by atoms with Gasteiger partial charge in [0.1, 0.15) is 16.9 Å². The first-order valence-electron chi connectivity index (χ1n) is 11.4. The van der Waals surface area contributed by atoms with Gasteiger partial charge in [0.25, 0.3) is 5.91 Å². The molecule has 0 saturated carbocycles. The number of aryl methyl sites for hydroxylation is 1. The number of thiophene rings is 1. The van der Waals surface area contributed by atoms with Gasteiger partial charge in [0.15, 0.2) is 0 Å². The maximum atomic E-state index is 13.8. The number of hydrogen-bond acceptors (Lipinski definition) is 4. The number of anilines is 1. The predicted molar refractivity (Wildman–Crippen MR) is 135 cm³/mol. The standard InChI is InChI=1S/C27H26N4O2S/c1-3-19-11-13-21(14-12-19)31-25(32)23-16-22(24-10-7-15-34-24)29-30(23)18-27(31,2)26(33)28-17-20-8-5-4-6-9-20/h4-16H,3,17-18H2,1-2H3,(H,28,33). The molecular formula is C27H26N4O2S. The fourth-order valence-electron chi connectivity index (χ4n) is 4.38. The molecule has 0 saturated heterocycles. The average molecular weight is 471 g/mol. The minimum Gasteiger partial charge on any atom is -0.350 e.